The van der Waals surface area contributed by atoms with Crippen molar-refractivity contribution in [3.05, 3.63) is 29.8 Å². The SMILES string of the molecule is CC(C)(C)CC(=O)N1CCCC1C(=O)Nc1cccc(COCC(F)(F)C(F)F)c1. The molecule has 1 fully saturated rings. The van der Waals surface area contributed by atoms with Gasteiger partial charge in [-0.2, -0.15) is 8.78 Å². The summed E-state index contributed by atoms with van der Waals surface area (Å²) in [5, 5.41) is 2.74. The average molecular weight is 432 g/mol. The summed E-state index contributed by atoms with van der Waals surface area (Å²) in [6.45, 7) is 4.71. The lowest BCUT2D eigenvalue weighted by Crippen LogP contribution is -2.44. The van der Waals surface area contributed by atoms with Gasteiger partial charge in [0.15, 0.2) is 0 Å². The van der Waals surface area contributed by atoms with Crippen molar-refractivity contribution in [2.24, 2.45) is 5.41 Å². The molecule has 1 aromatic rings. The summed E-state index contributed by atoms with van der Waals surface area (Å²) < 4.78 is 54.9. The molecule has 1 heterocycles. The number of hydrogen-bond acceptors (Lipinski definition) is 3. The predicted molar refractivity (Wildman–Crippen MR) is 104 cm³/mol. The zero-order chi connectivity index (χ0) is 22.5. The molecule has 1 aliphatic rings. The Hall–Kier alpha value is -2.16. The van der Waals surface area contributed by atoms with E-state index in [1.54, 1.807) is 23.1 Å². The number of nitrogens with zero attached hydrogens (tertiary/aromatic N) is 1. The van der Waals surface area contributed by atoms with Crippen molar-refractivity contribution in [3.63, 3.8) is 0 Å². The van der Waals surface area contributed by atoms with Crippen molar-refractivity contribution in [3.8, 4) is 0 Å². The molecule has 2 amide bonds. The van der Waals surface area contributed by atoms with Crippen LogP contribution >= 0.6 is 0 Å². The Kier molecular flexibility index (Phi) is 7.85. The number of carbonyl (C=O) groups is 2. The number of benzene rings is 1. The Bertz CT molecular complexity index is 750. The maximum Gasteiger partial charge on any atom is 0.330 e. The molecular formula is C21H28F4N2O3. The number of carbonyl (C=O) groups excluding carboxylic acids is 2. The fourth-order valence-electron chi connectivity index (χ4n) is 3.23. The van der Waals surface area contributed by atoms with Gasteiger partial charge < -0.3 is 15.0 Å². The number of nitrogens with one attached hydrogen (secondary N) is 1. The Morgan fingerprint density at radius 3 is 2.60 bits per heavy atom. The lowest BCUT2D eigenvalue weighted by Gasteiger charge is -2.27. The van der Waals surface area contributed by atoms with Crippen molar-refractivity contribution >= 4 is 17.5 Å². The molecule has 30 heavy (non-hydrogen) atoms. The van der Waals surface area contributed by atoms with Crippen LogP contribution in [0.2, 0.25) is 0 Å². The summed E-state index contributed by atoms with van der Waals surface area (Å²) >= 11 is 0. The van der Waals surface area contributed by atoms with Crippen molar-refractivity contribution < 1.29 is 31.9 Å². The van der Waals surface area contributed by atoms with Gasteiger partial charge in [-0.05, 0) is 36.0 Å². The molecule has 1 N–H and O–H groups in total. The molecule has 2 rings (SSSR count). The molecule has 0 radical (unpaired) electrons. The number of likely N-dealkylation sites (tertiary alicyclic amines) is 1. The first kappa shape index (κ1) is 24.1. The Labute approximate surface area is 173 Å². The predicted octanol–water partition coefficient (Wildman–Crippen LogP) is 4.47. The van der Waals surface area contributed by atoms with Gasteiger partial charge in [0.2, 0.25) is 11.8 Å². The van der Waals surface area contributed by atoms with Crippen LogP contribution in [0.25, 0.3) is 0 Å². The third kappa shape index (κ3) is 6.97. The monoisotopic (exact) mass is 432 g/mol. The van der Waals surface area contributed by atoms with Crippen molar-refractivity contribution in [2.75, 3.05) is 18.5 Å². The van der Waals surface area contributed by atoms with E-state index < -0.39 is 25.0 Å². The number of ether oxygens (including phenoxy) is 1. The van der Waals surface area contributed by atoms with Crippen LogP contribution < -0.4 is 5.32 Å². The van der Waals surface area contributed by atoms with Gasteiger partial charge >= 0.3 is 12.3 Å². The van der Waals surface area contributed by atoms with Gasteiger partial charge in [0.1, 0.15) is 12.6 Å². The Morgan fingerprint density at radius 2 is 1.97 bits per heavy atom. The summed E-state index contributed by atoms with van der Waals surface area (Å²) in [5.41, 5.74) is 0.678. The molecular weight excluding hydrogens is 404 g/mol. The second-order valence-corrected chi connectivity index (χ2v) is 8.73. The minimum absolute atomic E-state index is 0.0674. The number of hydrogen-bond donors (Lipinski definition) is 1. The first-order valence-corrected chi connectivity index (χ1v) is 9.82. The number of alkyl halides is 4. The highest BCUT2D eigenvalue weighted by atomic mass is 19.3. The molecule has 0 saturated carbocycles. The maximum atomic E-state index is 12.9. The molecule has 0 aliphatic carbocycles. The van der Waals surface area contributed by atoms with Gasteiger partial charge in [-0.1, -0.05) is 32.9 Å². The van der Waals surface area contributed by atoms with Crippen molar-refractivity contribution in [2.45, 2.75) is 65.0 Å². The zero-order valence-electron chi connectivity index (χ0n) is 17.4. The first-order valence-electron chi connectivity index (χ1n) is 9.82. The Balaban J connectivity index is 1.95. The summed E-state index contributed by atoms with van der Waals surface area (Å²) in [5.74, 6) is -4.60. The quantitative estimate of drug-likeness (QED) is 0.617. The first-order chi connectivity index (χ1) is 13.9. The molecule has 1 aliphatic heterocycles. The van der Waals surface area contributed by atoms with E-state index in [-0.39, 0.29) is 23.8 Å². The summed E-state index contributed by atoms with van der Waals surface area (Å²) in [4.78, 5) is 26.8. The normalized spacial score (nSPS) is 17.5. The van der Waals surface area contributed by atoms with Gasteiger partial charge in [-0.3, -0.25) is 9.59 Å². The fraction of sp³-hybridized carbons (Fsp3) is 0.619. The van der Waals surface area contributed by atoms with Crippen molar-refractivity contribution in [1.29, 1.82) is 0 Å². The number of amides is 2. The Morgan fingerprint density at radius 1 is 1.27 bits per heavy atom. The van der Waals surface area contributed by atoms with Gasteiger partial charge in [0.05, 0.1) is 6.61 Å². The fourth-order valence-corrected chi connectivity index (χ4v) is 3.23. The third-order valence-electron chi connectivity index (χ3n) is 4.63. The minimum Gasteiger partial charge on any atom is -0.370 e. The zero-order valence-corrected chi connectivity index (χ0v) is 17.4. The van der Waals surface area contributed by atoms with E-state index in [1.807, 2.05) is 20.8 Å². The van der Waals surface area contributed by atoms with E-state index in [4.69, 9.17) is 4.74 Å². The lowest BCUT2D eigenvalue weighted by molar-refractivity contribution is -0.168. The van der Waals surface area contributed by atoms with Crippen LogP contribution in [0.3, 0.4) is 0 Å². The van der Waals surface area contributed by atoms with E-state index in [2.05, 4.69) is 5.32 Å². The van der Waals surface area contributed by atoms with Crippen LogP contribution in [0.1, 0.15) is 45.6 Å². The molecule has 1 saturated heterocycles. The molecule has 1 atom stereocenters. The van der Waals surface area contributed by atoms with E-state index >= 15 is 0 Å². The lowest BCUT2D eigenvalue weighted by atomic mass is 9.91. The molecule has 1 unspecified atom stereocenters. The highest BCUT2D eigenvalue weighted by Crippen LogP contribution is 2.26. The van der Waals surface area contributed by atoms with Crippen LogP contribution in [0, 0.1) is 5.41 Å². The van der Waals surface area contributed by atoms with Crippen LogP contribution in [-0.2, 0) is 20.9 Å². The van der Waals surface area contributed by atoms with Crippen LogP contribution in [0.15, 0.2) is 24.3 Å². The van der Waals surface area contributed by atoms with Gasteiger partial charge in [0, 0.05) is 18.7 Å². The molecule has 9 heteroatoms. The second kappa shape index (κ2) is 9.76. The van der Waals surface area contributed by atoms with E-state index in [0.29, 0.717) is 30.6 Å². The summed E-state index contributed by atoms with van der Waals surface area (Å²) in [6, 6.07) is 5.74. The number of rotatable bonds is 8. The molecule has 0 spiro atoms. The summed E-state index contributed by atoms with van der Waals surface area (Å²) in [7, 11) is 0. The molecule has 168 valence electrons. The highest BCUT2D eigenvalue weighted by Gasteiger charge is 2.41. The largest absolute Gasteiger partial charge is 0.370 e. The molecule has 0 aromatic heterocycles. The second-order valence-electron chi connectivity index (χ2n) is 8.73. The van der Waals surface area contributed by atoms with E-state index in [1.165, 1.54) is 6.07 Å². The van der Waals surface area contributed by atoms with E-state index in [9.17, 15) is 27.2 Å². The van der Waals surface area contributed by atoms with Gasteiger partial charge in [-0.25, -0.2) is 8.78 Å². The minimum atomic E-state index is -4.21. The topological polar surface area (TPSA) is 58.6 Å². The van der Waals surface area contributed by atoms with Gasteiger partial charge in [-0.15, -0.1) is 0 Å². The van der Waals surface area contributed by atoms with Crippen LogP contribution in [-0.4, -0.2) is 48.3 Å². The van der Waals surface area contributed by atoms with Crippen LogP contribution in [0.4, 0.5) is 23.2 Å². The van der Waals surface area contributed by atoms with Gasteiger partial charge in [0.25, 0.3) is 0 Å². The van der Waals surface area contributed by atoms with Crippen LogP contribution in [0.5, 0.6) is 0 Å². The number of halogens is 4. The smallest absolute Gasteiger partial charge is 0.330 e. The van der Waals surface area contributed by atoms with E-state index in [0.717, 1.165) is 6.42 Å². The third-order valence-corrected chi connectivity index (χ3v) is 4.63. The standard InChI is InChI=1S/C21H28F4N2O3/c1-20(2,3)11-17(28)27-9-5-8-16(27)18(29)26-15-7-4-6-14(10-15)12-30-13-21(24,25)19(22)23/h4,6-7,10,16,19H,5,8-9,11-13H2,1-3H3,(H,26,29). The maximum absolute atomic E-state index is 12.9. The molecule has 0 bridgehead atoms. The molecule has 5 nitrogen and oxygen atoms in total. The highest BCUT2D eigenvalue weighted by molar-refractivity contribution is 5.97. The molecule has 1 aromatic carbocycles. The average Bonchev–Trinajstić information content (AvgIpc) is 3.10. The number of anilines is 1. The summed E-state index contributed by atoms with van der Waals surface area (Å²) in [6.07, 6.45) is -2.15. The van der Waals surface area contributed by atoms with Crippen molar-refractivity contribution in [1.82, 2.24) is 4.90 Å².